The zero-order valence-corrected chi connectivity index (χ0v) is 10.7. The lowest BCUT2D eigenvalue weighted by Crippen LogP contribution is -2.22. The van der Waals surface area contributed by atoms with Gasteiger partial charge in [-0.1, -0.05) is 0 Å². The molecule has 1 aliphatic rings. The summed E-state index contributed by atoms with van der Waals surface area (Å²) in [7, 11) is 1.48. The van der Waals surface area contributed by atoms with Crippen LogP contribution in [0.3, 0.4) is 0 Å². The standard InChI is InChI=1S/C11H14FN5O3/c1-19-3-6-5(12)2-7(20-6)17-4-14-8-9(17)15-11(13)16-10(8)18/h4-7H,2-3H2,1H3,(H3,13,15,16,18)/t5-,6+,7+/m0/s1. The van der Waals surface area contributed by atoms with Crippen LogP contribution in [0, 0.1) is 0 Å². The molecule has 2 aromatic heterocycles. The summed E-state index contributed by atoms with van der Waals surface area (Å²) in [6.07, 6.45) is -0.811. The summed E-state index contributed by atoms with van der Waals surface area (Å²) >= 11 is 0. The molecule has 9 heteroatoms. The summed E-state index contributed by atoms with van der Waals surface area (Å²) in [6.45, 7) is 0.167. The van der Waals surface area contributed by atoms with Crippen LogP contribution in [0.2, 0.25) is 0 Å². The van der Waals surface area contributed by atoms with Crippen LogP contribution in [-0.2, 0) is 9.47 Å². The molecule has 3 rings (SSSR count). The van der Waals surface area contributed by atoms with E-state index in [2.05, 4.69) is 15.0 Å². The number of aromatic amines is 1. The molecule has 1 fully saturated rings. The van der Waals surface area contributed by atoms with Crippen LogP contribution in [0.15, 0.2) is 11.1 Å². The van der Waals surface area contributed by atoms with Crippen LogP contribution in [-0.4, -0.2) is 45.5 Å². The summed E-state index contributed by atoms with van der Waals surface area (Å²) in [4.78, 5) is 22.0. The normalized spacial score (nSPS) is 26.4. The van der Waals surface area contributed by atoms with E-state index in [-0.39, 0.29) is 30.1 Å². The van der Waals surface area contributed by atoms with E-state index in [0.29, 0.717) is 0 Å². The van der Waals surface area contributed by atoms with Gasteiger partial charge in [-0.05, 0) is 0 Å². The molecular formula is C11H14FN5O3. The fraction of sp³-hybridized carbons (Fsp3) is 0.545. The van der Waals surface area contributed by atoms with Crippen LogP contribution in [0.1, 0.15) is 12.6 Å². The maximum absolute atomic E-state index is 13.8. The Kier molecular flexibility index (Phi) is 3.14. The second kappa shape index (κ2) is 4.84. The van der Waals surface area contributed by atoms with Gasteiger partial charge in [-0.15, -0.1) is 0 Å². The molecule has 0 radical (unpaired) electrons. The van der Waals surface area contributed by atoms with Crippen molar-refractivity contribution in [3.63, 3.8) is 0 Å². The predicted octanol–water partition coefficient (Wildman–Crippen LogP) is -0.0262. The minimum atomic E-state index is -1.14. The number of alkyl halides is 1. The van der Waals surface area contributed by atoms with Crippen molar-refractivity contribution in [1.82, 2.24) is 19.5 Å². The number of rotatable bonds is 3. The van der Waals surface area contributed by atoms with Gasteiger partial charge in [0.05, 0.1) is 12.9 Å². The Morgan fingerprint density at radius 2 is 2.50 bits per heavy atom. The molecule has 0 aliphatic carbocycles. The smallest absolute Gasteiger partial charge is 0.280 e. The molecular weight excluding hydrogens is 269 g/mol. The third-order valence-corrected chi connectivity index (χ3v) is 3.25. The van der Waals surface area contributed by atoms with E-state index in [4.69, 9.17) is 15.2 Å². The Hall–Kier alpha value is -2.00. The van der Waals surface area contributed by atoms with E-state index in [9.17, 15) is 9.18 Å². The van der Waals surface area contributed by atoms with Gasteiger partial charge >= 0.3 is 0 Å². The molecule has 0 spiro atoms. The Balaban J connectivity index is 1.98. The quantitative estimate of drug-likeness (QED) is 0.819. The Morgan fingerprint density at radius 1 is 1.70 bits per heavy atom. The zero-order valence-electron chi connectivity index (χ0n) is 10.7. The number of imidazole rings is 1. The highest BCUT2D eigenvalue weighted by atomic mass is 19.1. The van der Waals surface area contributed by atoms with Crippen LogP contribution < -0.4 is 11.3 Å². The molecule has 0 unspecified atom stereocenters. The number of fused-ring (bicyclic) bond motifs is 1. The molecule has 1 saturated heterocycles. The molecule has 108 valence electrons. The Bertz CT molecular complexity index is 684. The molecule has 3 atom stereocenters. The summed E-state index contributed by atoms with van der Waals surface area (Å²) < 4.78 is 25.8. The number of nitrogens with two attached hydrogens (primary N) is 1. The van der Waals surface area contributed by atoms with Crippen molar-refractivity contribution < 1.29 is 13.9 Å². The van der Waals surface area contributed by atoms with Gasteiger partial charge in [-0.2, -0.15) is 4.98 Å². The van der Waals surface area contributed by atoms with Gasteiger partial charge in [0.1, 0.15) is 18.5 Å². The first kappa shape index (κ1) is 13.0. The number of anilines is 1. The van der Waals surface area contributed by atoms with E-state index in [1.54, 1.807) is 0 Å². The molecule has 0 aromatic carbocycles. The summed E-state index contributed by atoms with van der Waals surface area (Å²) in [6, 6.07) is 0. The maximum Gasteiger partial charge on any atom is 0.280 e. The molecule has 0 bridgehead atoms. The monoisotopic (exact) mass is 283 g/mol. The lowest BCUT2D eigenvalue weighted by atomic mass is 10.2. The van der Waals surface area contributed by atoms with Crippen molar-refractivity contribution in [1.29, 1.82) is 0 Å². The van der Waals surface area contributed by atoms with E-state index in [0.717, 1.165) is 0 Å². The van der Waals surface area contributed by atoms with Crippen molar-refractivity contribution in [2.75, 3.05) is 19.5 Å². The van der Waals surface area contributed by atoms with E-state index in [1.807, 2.05) is 0 Å². The molecule has 20 heavy (non-hydrogen) atoms. The third kappa shape index (κ3) is 2.04. The number of H-pyrrole nitrogens is 1. The van der Waals surface area contributed by atoms with Gasteiger partial charge < -0.3 is 15.2 Å². The van der Waals surface area contributed by atoms with Crippen molar-refractivity contribution in [3.05, 3.63) is 16.7 Å². The van der Waals surface area contributed by atoms with Gasteiger partial charge in [-0.25, -0.2) is 9.37 Å². The highest BCUT2D eigenvalue weighted by Crippen LogP contribution is 2.32. The number of hydrogen-bond acceptors (Lipinski definition) is 6. The van der Waals surface area contributed by atoms with E-state index >= 15 is 0 Å². The first-order chi connectivity index (χ1) is 9.60. The number of nitrogens with zero attached hydrogens (tertiary/aromatic N) is 3. The van der Waals surface area contributed by atoms with Gasteiger partial charge in [0, 0.05) is 13.5 Å². The van der Waals surface area contributed by atoms with E-state index in [1.165, 1.54) is 18.0 Å². The van der Waals surface area contributed by atoms with Crippen LogP contribution in [0.4, 0.5) is 10.3 Å². The maximum atomic E-state index is 13.8. The third-order valence-electron chi connectivity index (χ3n) is 3.25. The van der Waals surface area contributed by atoms with Crippen LogP contribution in [0.25, 0.3) is 11.2 Å². The van der Waals surface area contributed by atoms with Crippen molar-refractivity contribution in [2.24, 2.45) is 0 Å². The highest BCUT2D eigenvalue weighted by molar-refractivity contribution is 5.70. The molecule has 2 aromatic rings. The Labute approximate surface area is 112 Å². The molecule has 1 aliphatic heterocycles. The number of hydrogen-bond donors (Lipinski definition) is 2. The number of halogens is 1. The van der Waals surface area contributed by atoms with E-state index < -0.39 is 24.1 Å². The molecule has 0 amide bonds. The Morgan fingerprint density at radius 3 is 3.25 bits per heavy atom. The molecule has 0 saturated carbocycles. The molecule has 3 heterocycles. The highest BCUT2D eigenvalue weighted by Gasteiger charge is 2.37. The average Bonchev–Trinajstić information content (AvgIpc) is 2.94. The first-order valence-electron chi connectivity index (χ1n) is 6.11. The van der Waals surface area contributed by atoms with Crippen molar-refractivity contribution in [2.45, 2.75) is 24.9 Å². The van der Waals surface area contributed by atoms with Gasteiger partial charge in [0.25, 0.3) is 5.56 Å². The second-order valence-electron chi connectivity index (χ2n) is 4.61. The summed E-state index contributed by atoms with van der Waals surface area (Å²) in [5.74, 6) is -0.0208. The second-order valence-corrected chi connectivity index (χ2v) is 4.61. The van der Waals surface area contributed by atoms with Gasteiger partial charge in [0.15, 0.2) is 11.2 Å². The zero-order chi connectivity index (χ0) is 14.3. The van der Waals surface area contributed by atoms with Crippen LogP contribution >= 0.6 is 0 Å². The predicted molar refractivity (Wildman–Crippen MR) is 67.9 cm³/mol. The SMILES string of the molecule is COC[C@H]1O[C@@H](n2cnc3c(=O)[nH]c(N)nc32)C[C@@H]1F. The lowest BCUT2D eigenvalue weighted by Gasteiger charge is -2.14. The van der Waals surface area contributed by atoms with Crippen LogP contribution in [0.5, 0.6) is 0 Å². The molecule has 3 N–H and O–H groups in total. The number of aromatic nitrogens is 4. The minimum absolute atomic E-state index is 0.0208. The topological polar surface area (TPSA) is 108 Å². The van der Waals surface area contributed by atoms with Gasteiger partial charge in [0.2, 0.25) is 5.95 Å². The summed E-state index contributed by atoms with van der Waals surface area (Å²) in [5, 5.41) is 0. The summed E-state index contributed by atoms with van der Waals surface area (Å²) in [5.41, 5.74) is 5.50. The van der Waals surface area contributed by atoms with Gasteiger partial charge in [-0.3, -0.25) is 14.3 Å². The number of methoxy groups -OCH3 is 1. The first-order valence-corrected chi connectivity index (χ1v) is 6.11. The van der Waals surface area contributed by atoms with Crippen molar-refractivity contribution in [3.8, 4) is 0 Å². The lowest BCUT2D eigenvalue weighted by molar-refractivity contribution is -0.0417. The number of ether oxygens (including phenoxy) is 2. The number of nitrogen functional groups attached to an aromatic ring is 1. The fourth-order valence-electron chi connectivity index (χ4n) is 2.33. The number of nitrogens with one attached hydrogen (secondary N) is 1. The molecule has 8 nitrogen and oxygen atoms in total. The fourth-order valence-corrected chi connectivity index (χ4v) is 2.33. The minimum Gasteiger partial charge on any atom is -0.382 e. The average molecular weight is 283 g/mol. The largest absolute Gasteiger partial charge is 0.382 e. The van der Waals surface area contributed by atoms with Crippen molar-refractivity contribution >= 4 is 17.1 Å².